The number of anilines is 1. The van der Waals surface area contributed by atoms with Crippen molar-refractivity contribution in [1.29, 1.82) is 0 Å². The lowest BCUT2D eigenvalue weighted by Gasteiger charge is -2.22. The molecule has 2 aromatic rings. The lowest BCUT2D eigenvalue weighted by Crippen LogP contribution is -2.46. The summed E-state index contributed by atoms with van der Waals surface area (Å²) in [6, 6.07) is 14.4. The number of aliphatic hydroxyl groups is 1. The van der Waals surface area contributed by atoms with Crippen molar-refractivity contribution in [3.63, 3.8) is 0 Å². The molecule has 0 saturated carbocycles. The molecule has 3 rings (SSSR count). The SMILES string of the molecule is COc1ccc(CCNC(=O)O[C@@]2(O)CCN(c3ccccc3)C2=O)cc1OC. The Morgan fingerprint density at radius 1 is 1.14 bits per heavy atom. The molecular formula is C21H24N2O6. The van der Waals surface area contributed by atoms with Gasteiger partial charge in [0.05, 0.1) is 14.2 Å². The van der Waals surface area contributed by atoms with Crippen molar-refractivity contribution >= 4 is 17.7 Å². The Morgan fingerprint density at radius 3 is 2.55 bits per heavy atom. The number of benzene rings is 2. The molecule has 2 N–H and O–H groups in total. The zero-order valence-electron chi connectivity index (χ0n) is 16.4. The number of carbonyl (C=O) groups is 2. The first kappa shape index (κ1) is 20.5. The van der Waals surface area contributed by atoms with E-state index in [9.17, 15) is 14.7 Å². The predicted octanol–water partition coefficient (Wildman–Crippen LogP) is 2.10. The third-order valence-corrected chi connectivity index (χ3v) is 4.71. The van der Waals surface area contributed by atoms with E-state index in [0.29, 0.717) is 23.6 Å². The maximum absolute atomic E-state index is 12.5. The number of alkyl carbamates (subject to hydrolysis) is 1. The van der Waals surface area contributed by atoms with E-state index in [-0.39, 0.29) is 19.5 Å². The molecular weight excluding hydrogens is 376 g/mol. The number of methoxy groups -OCH3 is 2. The fraction of sp³-hybridized carbons (Fsp3) is 0.333. The maximum Gasteiger partial charge on any atom is 0.410 e. The molecule has 0 radical (unpaired) electrons. The molecule has 1 heterocycles. The molecule has 1 fully saturated rings. The summed E-state index contributed by atoms with van der Waals surface area (Å²) in [5, 5.41) is 13.1. The lowest BCUT2D eigenvalue weighted by molar-refractivity contribution is -0.175. The minimum atomic E-state index is -2.16. The zero-order chi connectivity index (χ0) is 20.9. The van der Waals surface area contributed by atoms with Crippen molar-refractivity contribution in [3.8, 4) is 11.5 Å². The number of ether oxygens (including phenoxy) is 3. The molecule has 0 unspecified atom stereocenters. The third kappa shape index (κ3) is 4.60. The number of hydrogen-bond acceptors (Lipinski definition) is 6. The summed E-state index contributed by atoms with van der Waals surface area (Å²) < 4.78 is 15.5. The van der Waals surface area contributed by atoms with Crippen LogP contribution in [0.1, 0.15) is 12.0 Å². The van der Waals surface area contributed by atoms with Gasteiger partial charge in [0.25, 0.3) is 11.7 Å². The van der Waals surface area contributed by atoms with E-state index >= 15 is 0 Å². The van der Waals surface area contributed by atoms with Crippen LogP contribution in [-0.2, 0) is 16.0 Å². The average Bonchev–Trinajstić information content (AvgIpc) is 3.02. The molecule has 8 nitrogen and oxygen atoms in total. The zero-order valence-corrected chi connectivity index (χ0v) is 16.4. The highest BCUT2D eigenvalue weighted by atomic mass is 16.7. The molecule has 0 spiro atoms. The van der Waals surface area contributed by atoms with Gasteiger partial charge in [-0.25, -0.2) is 4.79 Å². The van der Waals surface area contributed by atoms with Crippen molar-refractivity contribution in [2.45, 2.75) is 18.6 Å². The Bertz CT molecular complexity index is 873. The van der Waals surface area contributed by atoms with Crippen LogP contribution in [0.2, 0.25) is 0 Å². The second-order valence-corrected chi connectivity index (χ2v) is 6.58. The number of hydrogen-bond donors (Lipinski definition) is 2. The van der Waals surface area contributed by atoms with Crippen LogP contribution < -0.4 is 19.7 Å². The summed E-state index contributed by atoms with van der Waals surface area (Å²) in [5.74, 6) is -1.60. The summed E-state index contributed by atoms with van der Waals surface area (Å²) in [6.45, 7) is 0.527. The molecule has 2 aromatic carbocycles. The second kappa shape index (κ2) is 8.83. The Balaban J connectivity index is 1.52. The highest BCUT2D eigenvalue weighted by Crippen LogP contribution is 2.29. The highest BCUT2D eigenvalue weighted by Gasteiger charge is 2.49. The third-order valence-electron chi connectivity index (χ3n) is 4.71. The Hall–Kier alpha value is -3.26. The van der Waals surface area contributed by atoms with Crippen molar-refractivity contribution in [2.75, 3.05) is 32.2 Å². The fourth-order valence-electron chi connectivity index (χ4n) is 3.17. The molecule has 0 bridgehead atoms. The number of rotatable bonds is 7. The van der Waals surface area contributed by atoms with Gasteiger partial charge in [-0.2, -0.15) is 0 Å². The van der Waals surface area contributed by atoms with E-state index < -0.39 is 17.8 Å². The van der Waals surface area contributed by atoms with Gasteiger partial charge in [-0.15, -0.1) is 0 Å². The molecule has 1 atom stereocenters. The quantitative estimate of drug-likeness (QED) is 0.691. The van der Waals surface area contributed by atoms with Gasteiger partial charge in [-0.3, -0.25) is 4.79 Å². The van der Waals surface area contributed by atoms with E-state index in [2.05, 4.69) is 5.32 Å². The molecule has 1 saturated heterocycles. The van der Waals surface area contributed by atoms with Crippen LogP contribution in [0.4, 0.5) is 10.5 Å². The van der Waals surface area contributed by atoms with Crippen LogP contribution in [0.3, 0.4) is 0 Å². The average molecular weight is 400 g/mol. The van der Waals surface area contributed by atoms with Gasteiger partial charge in [0, 0.05) is 25.2 Å². The first-order valence-corrected chi connectivity index (χ1v) is 9.24. The van der Waals surface area contributed by atoms with Crippen molar-refractivity contribution in [2.24, 2.45) is 0 Å². The molecule has 29 heavy (non-hydrogen) atoms. The molecule has 0 aliphatic carbocycles. The first-order valence-electron chi connectivity index (χ1n) is 9.24. The summed E-state index contributed by atoms with van der Waals surface area (Å²) in [5.41, 5.74) is 1.57. The number of nitrogens with one attached hydrogen (secondary N) is 1. The smallest absolute Gasteiger partial charge is 0.410 e. The monoisotopic (exact) mass is 400 g/mol. The van der Waals surface area contributed by atoms with Gasteiger partial charge in [0.2, 0.25) is 0 Å². The van der Waals surface area contributed by atoms with Gasteiger partial charge in [-0.05, 0) is 36.2 Å². The van der Waals surface area contributed by atoms with Gasteiger partial charge < -0.3 is 29.5 Å². The summed E-state index contributed by atoms with van der Waals surface area (Å²) >= 11 is 0. The van der Waals surface area contributed by atoms with E-state index in [4.69, 9.17) is 14.2 Å². The van der Waals surface area contributed by atoms with E-state index in [0.717, 1.165) is 5.56 Å². The summed E-state index contributed by atoms with van der Waals surface area (Å²) in [4.78, 5) is 26.0. The van der Waals surface area contributed by atoms with Gasteiger partial charge in [0.15, 0.2) is 11.5 Å². The van der Waals surface area contributed by atoms with Crippen LogP contribution in [0, 0.1) is 0 Å². The maximum atomic E-state index is 12.5. The van der Waals surface area contributed by atoms with Gasteiger partial charge in [-0.1, -0.05) is 24.3 Å². The summed E-state index contributed by atoms with van der Waals surface area (Å²) in [6.07, 6.45) is -0.335. The summed E-state index contributed by atoms with van der Waals surface area (Å²) in [7, 11) is 3.11. The normalized spacial score (nSPS) is 18.4. The second-order valence-electron chi connectivity index (χ2n) is 6.58. The highest BCUT2D eigenvalue weighted by molar-refractivity contribution is 6.01. The Morgan fingerprint density at radius 2 is 1.86 bits per heavy atom. The van der Waals surface area contributed by atoms with Crippen LogP contribution >= 0.6 is 0 Å². The lowest BCUT2D eigenvalue weighted by atomic mass is 10.1. The number of para-hydroxylation sites is 1. The van der Waals surface area contributed by atoms with E-state index in [1.807, 2.05) is 18.2 Å². The van der Waals surface area contributed by atoms with Crippen LogP contribution in [0.15, 0.2) is 48.5 Å². The molecule has 2 amide bonds. The predicted molar refractivity (Wildman–Crippen MR) is 106 cm³/mol. The molecule has 8 heteroatoms. The number of carbonyl (C=O) groups excluding carboxylic acids is 2. The number of nitrogens with zero attached hydrogens (tertiary/aromatic N) is 1. The van der Waals surface area contributed by atoms with Gasteiger partial charge in [0.1, 0.15) is 0 Å². The Labute approximate surface area is 169 Å². The van der Waals surface area contributed by atoms with Crippen molar-refractivity contribution < 1.29 is 28.9 Å². The minimum absolute atomic E-state index is 0.00380. The fourth-order valence-corrected chi connectivity index (χ4v) is 3.17. The van der Waals surface area contributed by atoms with E-state index in [1.54, 1.807) is 44.6 Å². The molecule has 1 aliphatic rings. The molecule has 154 valence electrons. The molecule has 1 aliphatic heterocycles. The Kier molecular flexibility index (Phi) is 6.23. The minimum Gasteiger partial charge on any atom is -0.493 e. The number of amides is 2. The van der Waals surface area contributed by atoms with Crippen molar-refractivity contribution in [1.82, 2.24) is 5.32 Å². The van der Waals surface area contributed by atoms with Crippen LogP contribution in [0.25, 0.3) is 0 Å². The topological polar surface area (TPSA) is 97.3 Å². The van der Waals surface area contributed by atoms with E-state index in [1.165, 1.54) is 4.90 Å². The van der Waals surface area contributed by atoms with Crippen LogP contribution in [0.5, 0.6) is 11.5 Å². The molecule has 0 aromatic heterocycles. The van der Waals surface area contributed by atoms with Gasteiger partial charge >= 0.3 is 6.09 Å². The first-order chi connectivity index (χ1) is 14.0. The van der Waals surface area contributed by atoms with Crippen LogP contribution in [-0.4, -0.2) is 50.2 Å². The largest absolute Gasteiger partial charge is 0.493 e. The standard InChI is InChI=1S/C21H24N2O6/c1-27-17-9-8-15(14-18(17)28-2)10-12-22-20(25)29-21(26)11-13-23(19(21)24)16-6-4-3-5-7-16/h3-9,14,26H,10-13H2,1-2H3,(H,22,25)/t21-/m0/s1. The van der Waals surface area contributed by atoms with Crippen molar-refractivity contribution in [3.05, 3.63) is 54.1 Å².